The first-order chi connectivity index (χ1) is 10.6. The summed E-state index contributed by atoms with van der Waals surface area (Å²) in [4.78, 5) is 20.6. The Bertz CT molecular complexity index is 664. The van der Waals surface area contributed by atoms with Crippen LogP contribution in [0.4, 0.5) is 10.1 Å². The normalized spacial score (nSPS) is 15.0. The number of amides is 1. The number of rotatable bonds is 2. The Labute approximate surface area is 129 Å². The van der Waals surface area contributed by atoms with E-state index in [1.54, 1.807) is 30.6 Å². The first-order valence-electron chi connectivity index (χ1n) is 7.35. The average Bonchev–Trinajstić information content (AvgIpc) is 2.56. The van der Waals surface area contributed by atoms with Gasteiger partial charge in [-0.1, -0.05) is 0 Å². The van der Waals surface area contributed by atoms with Gasteiger partial charge in [0, 0.05) is 49.8 Å². The summed E-state index contributed by atoms with van der Waals surface area (Å²) in [6.07, 6.45) is 3.36. The van der Waals surface area contributed by atoms with Crippen LogP contribution in [0, 0.1) is 12.7 Å². The Balaban J connectivity index is 1.65. The van der Waals surface area contributed by atoms with Crippen LogP contribution in [0.2, 0.25) is 0 Å². The zero-order valence-corrected chi connectivity index (χ0v) is 12.5. The third-order valence-electron chi connectivity index (χ3n) is 4.01. The number of aryl methyl sites for hydroxylation is 1. The van der Waals surface area contributed by atoms with Crippen LogP contribution >= 0.6 is 0 Å². The van der Waals surface area contributed by atoms with Gasteiger partial charge in [-0.3, -0.25) is 9.78 Å². The van der Waals surface area contributed by atoms with Crippen LogP contribution in [-0.4, -0.2) is 42.0 Å². The second kappa shape index (κ2) is 6.13. The molecule has 1 aromatic carbocycles. The molecule has 5 heteroatoms. The van der Waals surface area contributed by atoms with Crippen LogP contribution in [0.25, 0.3) is 0 Å². The van der Waals surface area contributed by atoms with Crippen LogP contribution < -0.4 is 4.90 Å². The standard InChI is InChI=1S/C17H18FN3O/c1-13-12-19-7-6-16(13)17(22)21-10-8-20(9-11-21)15-4-2-14(18)3-5-15/h2-7,12H,8-11H2,1H3. The molecule has 0 N–H and O–H groups in total. The number of carbonyl (C=O) groups excluding carboxylic acids is 1. The second-order valence-corrected chi connectivity index (χ2v) is 5.45. The van der Waals surface area contributed by atoms with E-state index >= 15 is 0 Å². The first kappa shape index (κ1) is 14.5. The summed E-state index contributed by atoms with van der Waals surface area (Å²) in [5.74, 6) is -0.176. The zero-order valence-electron chi connectivity index (χ0n) is 12.5. The number of halogens is 1. The maximum atomic E-state index is 13.0. The summed E-state index contributed by atoms with van der Waals surface area (Å²) in [6, 6.07) is 8.25. The van der Waals surface area contributed by atoms with Crippen molar-refractivity contribution in [3.63, 3.8) is 0 Å². The molecule has 0 aliphatic carbocycles. The topological polar surface area (TPSA) is 36.4 Å². The zero-order chi connectivity index (χ0) is 15.5. The van der Waals surface area contributed by atoms with Gasteiger partial charge < -0.3 is 9.80 Å². The van der Waals surface area contributed by atoms with Crippen molar-refractivity contribution in [3.05, 3.63) is 59.7 Å². The fourth-order valence-electron chi connectivity index (χ4n) is 2.70. The summed E-state index contributed by atoms with van der Waals surface area (Å²) in [5.41, 5.74) is 2.60. The number of nitrogens with zero attached hydrogens (tertiary/aromatic N) is 3. The molecule has 0 spiro atoms. The molecule has 0 bridgehead atoms. The molecule has 1 aromatic heterocycles. The fourth-order valence-corrected chi connectivity index (χ4v) is 2.70. The predicted molar refractivity (Wildman–Crippen MR) is 83.5 cm³/mol. The molecule has 0 saturated carbocycles. The first-order valence-corrected chi connectivity index (χ1v) is 7.35. The van der Waals surface area contributed by atoms with Gasteiger partial charge in [-0.05, 0) is 42.8 Å². The summed E-state index contributed by atoms with van der Waals surface area (Å²) in [7, 11) is 0. The molecule has 1 fully saturated rings. The molecule has 1 aliphatic heterocycles. The molecule has 1 aliphatic rings. The molecule has 1 amide bonds. The monoisotopic (exact) mass is 299 g/mol. The van der Waals surface area contributed by atoms with Crippen LogP contribution in [0.1, 0.15) is 15.9 Å². The van der Waals surface area contributed by atoms with E-state index in [-0.39, 0.29) is 11.7 Å². The van der Waals surface area contributed by atoms with Crippen molar-refractivity contribution in [2.24, 2.45) is 0 Å². The SMILES string of the molecule is Cc1cnccc1C(=O)N1CCN(c2ccc(F)cc2)CC1. The maximum absolute atomic E-state index is 13.0. The summed E-state index contributed by atoms with van der Waals surface area (Å²) < 4.78 is 13.0. The molecular formula is C17H18FN3O. The van der Waals surface area contributed by atoms with Crippen molar-refractivity contribution >= 4 is 11.6 Å². The molecule has 22 heavy (non-hydrogen) atoms. The lowest BCUT2D eigenvalue weighted by Crippen LogP contribution is -2.48. The Kier molecular flexibility index (Phi) is 4.04. The third-order valence-corrected chi connectivity index (χ3v) is 4.01. The minimum Gasteiger partial charge on any atom is -0.368 e. The number of anilines is 1. The molecule has 2 heterocycles. The summed E-state index contributed by atoms with van der Waals surface area (Å²) >= 11 is 0. The van der Waals surface area contributed by atoms with E-state index in [2.05, 4.69) is 9.88 Å². The number of pyridine rings is 1. The van der Waals surface area contributed by atoms with Crippen molar-refractivity contribution in [1.82, 2.24) is 9.88 Å². The molecule has 0 unspecified atom stereocenters. The molecular weight excluding hydrogens is 281 g/mol. The molecule has 4 nitrogen and oxygen atoms in total. The second-order valence-electron chi connectivity index (χ2n) is 5.45. The van der Waals surface area contributed by atoms with E-state index in [4.69, 9.17) is 0 Å². The lowest BCUT2D eigenvalue weighted by Gasteiger charge is -2.36. The van der Waals surface area contributed by atoms with E-state index in [9.17, 15) is 9.18 Å². The van der Waals surface area contributed by atoms with E-state index in [0.717, 1.165) is 24.3 Å². The smallest absolute Gasteiger partial charge is 0.254 e. The molecule has 0 atom stereocenters. The van der Waals surface area contributed by atoms with Crippen molar-refractivity contribution in [2.75, 3.05) is 31.1 Å². The number of hydrogen-bond acceptors (Lipinski definition) is 3. The number of carbonyl (C=O) groups is 1. The largest absolute Gasteiger partial charge is 0.368 e. The van der Waals surface area contributed by atoms with Crippen molar-refractivity contribution in [1.29, 1.82) is 0 Å². The highest BCUT2D eigenvalue weighted by atomic mass is 19.1. The van der Waals surface area contributed by atoms with Gasteiger partial charge in [-0.15, -0.1) is 0 Å². The Morgan fingerprint density at radius 1 is 1.09 bits per heavy atom. The number of benzene rings is 1. The minimum atomic E-state index is -0.231. The number of hydrogen-bond donors (Lipinski definition) is 0. The van der Waals surface area contributed by atoms with Crippen LogP contribution in [0.5, 0.6) is 0 Å². The Morgan fingerprint density at radius 3 is 2.41 bits per heavy atom. The third kappa shape index (κ3) is 2.93. The van der Waals surface area contributed by atoms with Crippen molar-refractivity contribution in [2.45, 2.75) is 6.92 Å². The highest BCUT2D eigenvalue weighted by molar-refractivity contribution is 5.95. The predicted octanol–water partition coefficient (Wildman–Crippen LogP) is 2.49. The number of aromatic nitrogens is 1. The average molecular weight is 299 g/mol. The lowest BCUT2D eigenvalue weighted by molar-refractivity contribution is 0.0746. The van der Waals surface area contributed by atoms with Crippen molar-refractivity contribution in [3.8, 4) is 0 Å². The molecule has 0 radical (unpaired) electrons. The van der Waals surface area contributed by atoms with Gasteiger partial charge in [-0.25, -0.2) is 4.39 Å². The molecule has 114 valence electrons. The summed E-state index contributed by atoms with van der Waals surface area (Å²) in [6.45, 7) is 4.73. The van der Waals surface area contributed by atoms with Gasteiger partial charge in [-0.2, -0.15) is 0 Å². The Hall–Kier alpha value is -2.43. The van der Waals surface area contributed by atoms with Crippen LogP contribution in [-0.2, 0) is 0 Å². The van der Waals surface area contributed by atoms with Crippen LogP contribution in [0.3, 0.4) is 0 Å². The maximum Gasteiger partial charge on any atom is 0.254 e. The van der Waals surface area contributed by atoms with E-state index in [1.807, 2.05) is 11.8 Å². The fraction of sp³-hybridized carbons (Fsp3) is 0.294. The minimum absolute atomic E-state index is 0.0543. The lowest BCUT2D eigenvalue weighted by atomic mass is 10.1. The van der Waals surface area contributed by atoms with Gasteiger partial charge in [0.1, 0.15) is 5.82 Å². The highest BCUT2D eigenvalue weighted by Gasteiger charge is 2.23. The highest BCUT2D eigenvalue weighted by Crippen LogP contribution is 2.18. The van der Waals surface area contributed by atoms with Gasteiger partial charge >= 0.3 is 0 Å². The summed E-state index contributed by atoms with van der Waals surface area (Å²) in [5, 5.41) is 0. The number of piperazine rings is 1. The van der Waals surface area contributed by atoms with Crippen LogP contribution in [0.15, 0.2) is 42.7 Å². The van der Waals surface area contributed by atoms with Gasteiger partial charge in [0.2, 0.25) is 0 Å². The van der Waals surface area contributed by atoms with Crippen molar-refractivity contribution < 1.29 is 9.18 Å². The van der Waals surface area contributed by atoms with E-state index in [1.165, 1.54) is 12.1 Å². The Morgan fingerprint density at radius 2 is 1.77 bits per heavy atom. The molecule has 1 saturated heterocycles. The van der Waals surface area contributed by atoms with Gasteiger partial charge in [0.25, 0.3) is 5.91 Å². The van der Waals surface area contributed by atoms with Gasteiger partial charge in [0.15, 0.2) is 0 Å². The van der Waals surface area contributed by atoms with E-state index < -0.39 is 0 Å². The molecule has 3 rings (SSSR count). The quantitative estimate of drug-likeness (QED) is 0.855. The molecule has 2 aromatic rings. The van der Waals surface area contributed by atoms with E-state index in [0.29, 0.717) is 18.7 Å². The van der Waals surface area contributed by atoms with Gasteiger partial charge in [0.05, 0.1) is 0 Å².